The molecule has 0 unspecified atom stereocenters. The topological polar surface area (TPSA) is 48.5 Å². The summed E-state index contributed by atoms with van der Waals surface area (Å²) in [4.78, 5) is 0. The number of hydrogen-bond donors (Lipinski definition) is 0. The monoisotopic (exact) mass is 197 g/mol. The molecule has 2 aromatic rings. The van der Waals surface area contributed by atoms with Crippen molar-refractivity contribution in [2.24, 2.45) is 7.05 Å². The first kappa shape index (κ1) is 8.25. The van der Waals surface area contributed by atoms with E-state index >= 15 is 0 Å². The van der Waals surface area contributed by atoms with E-state index in [0.29, 0.717) is 5.28 Å². The van der Waals surface area contributed by atoms with Gasteiger partial charge in [0.05, 0.1) is 0 Å². The number of nitrogens with zero attached hydrogens (tertiary/aromatic N) is 5. The Morgan fingerprint density at radius 3 is 2.62 bits per heavy atom. The summed E-state index contributed by atoms with van der Waals surface area (Å²) in [7, 11) is 1.84. The van der Waals surface area contributed by atoms with Crippen LogP contribution in [0.4, 0.5) is 0 Å². The largest absolute Gasteiger partial charge is 0.274 e. The van der Waals surface area contributed by atoms with Crippen LogP contribution in [0.2, 0.25) is 5.28 Å². The predicted molar refractivity (Wildman–Crippen MR) is 47.9 cm³/mol. The molecule has 0 saturated heterocycles. The molecule has 0 atom stereocenters. The minimum absolute atomic E-state index is 0.330. The maximum absolute atomic E-state index is 5.83. The van der Waals surface area contributed by atoms with Crippen LogP contribution in [-0.2, 0) is 7.05 Å². The molecule has 0 radical (unpaired) electrons. The van der Waals surface area contributed by atoms with Gasteiger partial charge in [0.15, 0.2) is 5.82 Å². The Balaban J connectivity index is 2.57. The highest BCUT2D eigenvalue weighted by atomic mass is 35.5. The summed E-state index contributed by atoms with van der Waals surface area (Å²) in [6.07, 6.45) is 1.84. The minimum Gasteiger partial charge on any atom is -0.274 e. The molecule has 0 aliphatic rings. The van der Waals surface area contributed by atoms with Gasteiger partial charge in [0.2, 0.25) is 5.28 Å². The van der Waals surface area contributed by atoms with Crippen molar-refractivity contribution in [3.8, 4) is 5.82 Å². The highest BCUT2D eigenvalue weighted by Gasteiger charge is 2.09. The van der Waals surface area contributed by atoms with Crippen LogP contribution in [0, 0.1) is 6.92 Å². The first-order chi connectivity index (χ1) is 6.18. The lowest BCUT2D eigenvalue weighted by atomic mass is 10.6. The van der Waals surface area contributed by atoms with Crippen molar-refractivity contribution in [2.75, 3.05) is 0 Å². The zero-order chi connectivity index (χ0) is 9.42. The zero-order valence-electron chi connectivity index (χ0n) is 7.27. The number of aryl methyl sites for hydroxylation is 2. The molecule has 0 aliphatic heterocycles. The van der Waals surface area contributed by atoms with Crippen LogP contribution < -0.4 is 0 Å². The van der Waals surface area contributed by atoms with Gasteiger partial charge in [-0.2, -0.15) is 5.10 Å². The van der Waals surface area contributed by atoms with Crippen molar-refractivity contribution in [3.63, 3.8) is 0 Å². The molecule has 2 rings (SSSR count). The minimum atomic E-state index is 0.330. The van der Waals surface area contributed by atoms with Gasteiger partial charge in [-0.05, 0) is 18.5 Å². The quantitative estimate of drug-likeness (QED) is 0.684. The Hall–Kier alpha value is -1.36. The Morgan fingerprint density at radius 1 is 1.38 bits per heavy atom. The number of halogens is 1. The second-order valence-electron chi connectivity index (χ2n) is 2.70. The molecule has 0 saturated carbocycles. The lowest BCUT2D eigenvalue weighted by molar-refractivity contribution is 0.747. The second-order valence-corrected chi connectivity index (χ2v) is 3.04. The van der Waals surface area contributed by atoms with Crippen LogP contribution in [0.3, 0.4) is 0 Å². The number of aromatic nitrogens is 5. The molecule has 68 valence electrons. The summed E-state index contributed by atoms with van der Waals surface area (Å²) in [6, 6.07) is 1.85. The highest BCUT2D eigenvalue weighted by Crippen LogP contribution is 2.13. The summed E-state index contributed by atoms with van der Waals surface area (Å²) in [5.74, 6) is 1.46. The molecule has 0 spiro atoms. The van der Waals surface area contributed by atoms with Gasteiger partial charge in [0.1, 0.15) is 5.82 Å². The van der Waals surface area contributed by atoms with Crippen LogP contribution in [0.15, 0.2) is 12.3 Å². The average Bonchev–Trinajstić information content (AvgIpc) is 2.60. The summed E-state index contributed by atoms with van der Waals surface area (Å²) in [6.45, 7) is 1.83. The molecule has 0 amide bonds. The van der Waals surface area contributed by atoms with Crippen molar-refractivity contribution >= 4 is 11.6 Å². The van der Waals surface area contributed by atoms with Crippen molar-refractivity contribution in [1.82, 2.24) is 24.5 Å². The van der Waals surface area contributed by atoms with Gasteiger partial charge in [-0.25, -0.2) is 0 Å². The first-order valence-corrected chi connectivity index (χ1v) is 4.14. The predicted octanol–water partition coefficient (Wildman–Crippen LogP) is 0.963. The molecule has 0 aliphatic carbocycles. The molecule has 0 aromatic carbocycles. The SMILES string of the molecule is Cc1nnc(Cl)n1-c1ccn(C)n1. The van der Waals surface area contributed by atoms with Gasteiger partial charge < -0.3 is 0 Å². The van der Waals surface area contributed by atoms with Crippen molar-refractivity contribution in [3.05, 3.63) is 23.4 Å². The van der Waals surface area contributed by atoms with E-state index in [9.17, 15) is 0 Å². The maximum atomic E-state index is 5.83. The van der Waals surface area contributed by atoms with Crippen molar-refractivity contribution < 1.29 is 0 Å². The van der Waals surface area contributed by atoms with E-state index in [2.05, 4.69) is 15.3 Å². The Kier molecular flexibility index (Phi) is 1.81. The van der Waals surface area contributed by atoms with Crippen molar-refractivity contribution in [1.29, 1.82) is 0 Å². The van der Waals surface area contributed by atoms with E-state index in [-0.39, 0.29) is 0 Å². The van der Waals surface area contributed by atoms with Gasteiger partial charge in [-0.3, -0.25) is 9.25 Å². The summed E-state index contributed by atoms with van der Waals surface area (Å²) < 4.78 is 3.38. The Bertz CT molecular complexity index is 410. The number of rotatable bonds is 1. The van der Waals surface area contributed by atoms with E-state index in [0.717, 1.165) is 11.6 Å². The van der Waals surface area contributed by atoms with Crippen LogP contribution in [0.5, 0.6) is 0 Å². The third-order valence-electron chi connectivity index (χ3n) is 1.71. The molecular weight excluding hydrogens is 190 g/mol. The summed E-state index contributed by atoms with van der Waals surface area (Å²) >= 11 is 5.83. The van der Waals surface area contributed by atoms with Gasteiger partial charge >= 0.3 is 0 Å². The molecule has 2 heterocycles. The van der Waals surface area contributed by atoms with E-state index in [1.165, 1.54) is 0 Å². The first-order valence-electron chi connectivity index (χ1n) is 3.76. The van der Waals surface area contributed by atoms with E-state index < -0.39 is 0 Å². The normalized spacial score (nSPS) is 10.7. The van der Waals surface area contributed by atoms with Crippen LogP contribution >= 0.6 is 11.6 Å². The van der Waals surface area contributed by atoms with E-state index in [4.69, 9.17) is 11.6 Å². The lowest BCUT2D eigenvalue weighted by Crippen LogP contribution is -1.99. The molecule has 0 fully saturated rings. The molecule has 13 heavy (non-hydrogen) atoms. The van der Waals surface area contributed by atoms with Crippen LogP contribution in [-0.4, -0.2) is 24.5 Å². The molecular formula is C7H8ClN5. The van der Waals surface area contributed by atoms with Crippen LogP contribution in [0.25, 0.3) is 5.82 Å². The Labute approximate surface area is 80.0 Å². The maximum Gasteiger partial charge on any atom is 0.230 e. The van der Waals surface area contributed by atoms with Crippen LogP contribution in [0.1, 0.15) is 5.82 Å². The fraction of sp³-hybridized carbons (Fsp3) is 0.286. The molecule has 6 heteroatoms. The molecule has 0 bridgehead atoms. The standard InChI is InChI=1S/C7H8ClN5/c1-5-9-10-7(8)13(5)6-3-4-12(2)11-6/h3-4H,1-2H3. The molecule has 0 N–H and O–H groups in total. The zero-order valence-corrected chi connectivity index (χ0v) is 8.02. The van der Waals surface area contributed by atoms with Gasteiger partial charge in [-0.1, -0.05) is 0 Å². The summed E-state index contributed by atoms with van der Waals surface area (Å²) in [5.41, 5.74) is 0. The number of hydrogen-bond acceptors (Lipinski definition) is 3. The van der Waals surface area contributed by atoms with Gasteiger partial charge in [-0.15, -0.1) is 10.2 Å². The van der Waals surface area contributed by atoms with Gasteiger partial charge in [0.25, 0.3) is 0 Å². The lowest BCUT2D eigenvalue weighted by Gasteiger charge is -1.98. The fourth-order valence-electron chi connectivity index (χ4n) is 1.12. The van der Waals surface area contributed by atoms with Crippen molar-refractivity contribution in [2.45, 2.75) is 6.92 Å². The fourth-order valence-corrected chi connectivity index (χ4v) is 1.37. The smallest absolute Gasteiger partial charge is 0.230 e. The highest BCUT2D eigenvalue weighted by molar-refractivity contribution is 6.28. The van der Waals surface area contributed by atoms with Gasteiger partial charge in [0, 0.05) is 19.3 Å². The molecule has 5 nitrogen and oxygen atoms in total. The van der Waals surface area contributed by atoms with E-state index in [1.807, 2.05) is 26.2 Å². The second kappa shape index (κ2) is 2.85. The molecule has 2 aromatic heterocycles. The summed E-state index contributed by atoms with van der Waals surface area (Å²) in [5, 5.41) is 12.1. The third kappa shape index (κ3) is 1.31. The average molecular weight is 198 g/mol. The third-order valence-corrected chi connectivity index (χ3v) is 1.96. The van der Waals surface area contributed by atoms with E-state index in [1.54, 1.807) is 9.25 Å². The Morgan fingerprint density at radius 2 is 2.15 bits per heavy atom.